The highest BCUT2D eigenvalue weighted by Crippen LogP contribution is 2.23. The fourth-order valence-corrected chi connectivity index (χ4v) is 1.23. The number of hydrogen-bond donors (Lipinski definition) is 2. The number of aromatic carboxylic acids is 1. The van der Waals surface area contributed by atoms with E-state index in [0.717, 1.165) is 0 Å². The summed E-state index contributed by atoms with van der Waals surface area (Å²) in [6.07, 6.45) is 0. The molecule has 0 aliphatic carbocycles. The molecule has 0 saturated carbocycles. The molecule has 0 aliphatic heterocycles. The normalized spacial score (nSPS) is 10.6. The molecule has 0 aromatic carbocycles. The lowest BCUT2D eigenvalue weighted by Gasteiger charge is -2.07. The van der Waals surface area contributed by atoms with E-state index in [4.69, 9.17) is 10.8 Å². The maximum Gasteiger partial charge on any atom is 0.355 e. The van der Waals surface area contributed by atoms with Crippen LogP contribution in [0.4, 0.5) is 5.82 Å². The fourth-order valence-electron chi connectivity index (χ4n) is 0.882. The minimum absolute atomic E-state index is 0.0449. The van der Waals surface area contributed by atoms with Crippen LogP contribution in [0, 0.1) is 0 Å². The Kier molecular flexibility index (Phi) is 3.05. The molecule has 5 nitrogen and oxygen atoms in total. The molecule has 1 rings (SSSR count). The molecule has 0 spiro atoms. The van der Waals surface area contributed by atoms with E-state index in [1.807, 2.05) is 13.8 Å². The predicted molar refractivity (Wildman–Crippen MR) is 55.2 cm³/mol. The van der Waals surface area contributed by atoms with Crippen molar-refractivity contribution in [3.05, 3.63) is 16.0 Å². The van der Waals surface area contributed by atoms with Crippen molar-refractivity contribution in [2.75, 3.05) is 5.73 Å². The highest BCUT2D eigenvalue weighted by molar-refractivity contribution is 9.10. The van der Waals surface area contributed by atoms with E-state index in [-0.39, 0.29) is 21.9 Å². The van der Waals surface area contributed by atoms with Crippen LogP contribution >= 0.6 is 15.9 Å². The van der Waals surface area contributed by atoms with Crippen LogP contribution < -0.4 is 5.73 Å². The molecule has 0 bridgehead atoms. The molecule has 0 unspecified atom stereocenters. The monoisotopic (exact) mass is 259 g/mol. The lowest BCUT2D eigenvalue weighted by molar-refractivity contribution is 0.0689. The largest absolute Gasteiger partial charge is 0.476 e. The average Bonchev–Trinajstić information content (AvgIpc) is 2.08. The van der Waals surface area contributed by atoms with Gasteiger partial charge in [0.2, 0.25) is 0 Å². The second kappa shape index (κ2) is 3.91. The van der Waals surface area contributed by atoms with Crippen molar-refractivity contribution in [3.63, 3.8) is 0 Å². The van der Waals surface area contributed by atoms with Gasteiger partial charge in [0.05, 0.1) is 4.47 Å². The number of carboxylic acid groups (broad SMARTS) is 1. The van der Waals surface area contributed by atoms with Crippen LogP contribution in [-0.2, 0) is 0 Å². The Morgan fingerprint density at radius 2 is 2.07 bits per heavy atom. The van der Waals surface area contributed by atoms with E-state index < -0.39 is 5.97 Å². The lowest BCUT2D eigenvalue weighted by atomic mass is 10.2. The summed E-state index contributed by atoms with van der Waals surface area (Å²) in [4.78, 5) is 18.6. The minimum Gasteiger partial charge on any atom is -0.476 e. The van der Waals surface area contributed by atoms with Crippen molar-refractivity contribution in [2.45, 2.75) is 19.8 Å². The minimum atomic E-state index is -1.12. The zero-order valence-corrected chi connectivity index (χ0v) is 9.37. The second-order valence-electron chi connectivity index (χ2n) is 3.09. The summed E-state index contributed by atoms with van der Waals surface area (Å²) in [6, 6.07) is 0. The third kappa shape index (κ3) is 2.01. The topological polar surface area (TPSA) is 89.1 Å². The highest BCUT2D eigenvalue weighted by atomic mass is 79.9. The number of anilines is 1. The molecule has 76 valence electrons. The van der Waals surface area contributed by atoms with E-state index in [1.165, 1.54) is 0 Å². The van der Waals surface area contributed by atoms with Gasteiger partial charge in [-0.15, -0.1) is 0 Å². The standard InChI is InChI=1S/C8H10BrN3O2/c1-3(2)7-11-5(8(13)14)4(9)6(10)12-7/h3H,1-2H3,(H,13,14)(H2,10,11,12). The predicted octanol–water partition coefficient (Wildman–Crippen LogP) is 1.64. The quantitative estimate of drug-likeness (QED) is 0.843. The first kappa shape index (κ1) is 10.9. The molecule has 1 aromatic heterocycles. The molecular weight excluding hydrogens is 250 g/mol. The third-order valence-electron chi connectivity index (χ3n) is 1.61. The van der Waals surface area contributed by atoms with Crippen molar-refractivity contribution >= 4 is 27.7 Å². The van der Waals surface area contributed by atoms with Gasteiger partial charge in [-0.3, -0.25) is 0 Å². The van der Waals surface area contributed by atoms with Gasteiger partial charge in [-0.05, 0) is 15.9 Å². The smallest absolute Gasteiger partial charge is 0.355 e. The van der Waals surface area contributed by atoms with Crippen LogP contribution in [0.3, 0.4) is 0 Å². The van der Waals surface area contributed by atoms with Gasteiger partial charge in [-0.1, -0.05) is 13.8 Å². The Balaban J connectivity index is 3.35. The van der Waals surface area contributed by atoms with Gasteiger partial charge in [0.15, 0.2) is 5.69 Å². The number of rotatable bonds is 2. The number of carboxylic acids is 1. The van der Waals surface area contributed by atoms with E-state index in [2.05, 4.69) is 25.9 Å². The van der Waals surface area contributed by atoms with Crippen LogP contribution in [-0.4, -0.2) is 21.0 Å². The Morgan fingerprint density at radius 1 is 1.50 bits per heavy atom. The molecule has 0 fully saturated rings. The van der Waals surface area contributed by atoms with Gasteiger partial charge >= 0.3 is 5.97 Å². The van der Waals surface area contributed by atoms with Crippen LogP contribution in [0.2, 0.25) is 0 Å². The Labute approximate surface area is 89.5 Å². The average molecular weight is 260 g/mol. The summed E-state index contributed by atoms with van der Waals surface area (Å²) in [6.45, 7) is 3.74. The molecule has 0 atom stereocenters. The summed E-state index contributed by atoms with van der Waals surface area (Å²) in [5.41, 5.74) is 5.44. The summed E-state index contributed by atoms with van der Waals surface area (Å²) in [7, 11) is 0. The van der Waals surface area contributed by atoms with E-state index in [9.17, 15) is 4.79 Å². The number of carbonyl (C=O) groups is 1. The molecule has 0 saturated heterocycles. The van der Waals surface area contributed by atoms with Crippen LogP contribution in [0.1, 0.15) is 36.1 Å². The number of halogens is 1. The molecule has 0 aliphatic rings. The summed E-state index contributed by atoms with van der Waals surface area (Å²) in [5.74, 6) is -0.486. The number of nitrogen functional groups attached to an aromatic ring is 1. The zero-order chi connectivity index (χ0) is 10.9. The van der Waals surface area contributed by atoms with Crippen LogP contribution in [0.15, 0.2) is 4.47 Å². The molecular formula is C8H10BrN3O2. The number of hydrogen-bond acceptors (Lipinski definition) is 4. The van der Waals surface area contributed by atoms with Crippen LogP contribution in [0.5, 0.6) is 0 Å². The summed E-state index contributed by atoms with van der Waals surface area (Å²) < 4.78 is 0.231. The molecule has 1 heterocycles. The first-order valence-corrected chi connectivity index (χ1v) is 4.79. The SMILES string of the molecule is CC(C)c1nc(N)c(Br)c(C(=O)O)n1. The molecule has 0 radical (unpaired) electrons. The number of nitrogens with zero attached hydrogens (tertiary/aromatic N) is 2. The maximum absolute atomic E-state index is 10.8. The zero-order valence-electron chi connectivity index (χ0n) is 7.78. The van der Waals surface area contributed by atoms with Crippen molar-refractivity contribution < 1.29 is 9.90 Å². The fraction of sp³-hybridized carbons (Fsp3) is 0.375. The lowest BCUT2D eigenvalue weighted by Crippen LogP contribution is -2.10. The van der Waals surface area contributed by atoms with Crippen molar-refractivity contribution in [2.24, 2.45) is 0 Å². The van der Waals surface area contributed by atoms with Gasteiger partial charge in [-0.2, -0.15) is 0 Å². The molecule has 6 heteroatoms. The van der Waals surface area contributed by atoms with Gasteiger partial charge in [0, 0.05) is 5.92 Å². The molecule has 1 aromatic rings. The van der Waals surface area contributed by atoms with Crippen LogP contribution in [0.25, 0.3) is 0 Å². The highest BCUT2D eigenvalue weighted by Gasteiger charge is 2.17. The van der Waals surface area contributed by atoms with Gasteiger partial charge in [0.25, 0.3) is 0 Å². The van der Waals surface area contributed by atoms with Crippen molar-refractivity contribution in [3.8, 4) is 0 Å². The Bertz CT molecular complexity index is 379. The Morgan fingerprint density at radius 3 is 2.50 bits per heavy atom. The summed E-state index contributed by atoms with van der Waals surface area (Å²) in [5, 5.41) is 8.82. The molecule has 0 amide bonds. The first-order chi connectivity index (χ1) is 6.43. The molecule has 3 N–H and O–H groups in total. The maximum atomic E-state index is 10.8. The number of aromatic nitrogens is 2. The van der Waals surface area contributed by atoms with Gasteiger partial charge < -0.3 is 10.8 Å². The van der Waals surface area contributed by atoms with E-state index in [0.29, 0.717) is 5.82 Å². The van der Waals surface area contributed by atoms with E-state index in [1.54, 1.807) is 0 Å². The van der Waals surface area contributed by atoms with Gasteiger partial charge in [-0.25, -0.2) is 14.8 Å². The second-order valence-corrected chi connectivity index (χ2v) is 3.88. The molecule has 14 heavy (non-hydrogen) atoms. The van der Waals surface area contributed by atoms with Crippen molar-refractivity contribution in [1.82, 2.24) is 9.97 Å². The number of nitrogens with two attached hydrogens (primary N) is 1. The van der Waals surface area contributed by atoms with Crippen molar-refractivity contribution in [1.29, 1.82) is 0 Å². The Hall–Kier alpha value is -1.17. The van der Waals surface area contributed by atoms with Gasteiger partial charge in [0.1, 0.15) is 11.6 Å². The third-order valence-corrected chi connectivity index (χ3v) is 2.39. The van der Waals surface area contributed by atoms with E-state index >= 15 is 0 Å². The first-order valence-electron chi connectivity index (χ1n) is 3.99. The summed E-state index contributed by atoms with van der Waals surface area (Å²) >= 11 is 3.03.